The number of thiazole rings is 1. The third-order valence-electron chi connectivity index (χ3n) is 4.12. The lowest BCUT2D eigenvalue weighted by atomic mass is 10.1. The number of fused-ring (bicyclic) bond motifs is 1. The van der Waals surface area contributed by atoms with Gasteiger partial charge in [0.25, 0.3) is 11.8 Å². The number of carbonyl (C=O) groups is 4. The molecule has 2 aliphatic rings. The van der Waals surface area contributed by atoms with Gasteiger partial charge in [0.05, 0.1) is 0 Å². The van der Waals surface area contributed by atoms with E-state index in [0.29, 0.717) is 0 Å². The normalized spacial score (nSPS) is 19.8. The van der Waals surface area contributed by atoms with Crippen molar-refractivity contribution < 1.29 is 29.1 Å². The zero-order chi connectivity index (χ0) is 20.6. The lowest BCUT2D eigenvalue weighted by Crippen LogP contribution is -2.46. The molecule has 2 amide bonds. The van der Waals surface area contributed by atoms with Crippen molar-refractivity contribution in [3.63, 3.8) is 0 Å². The van der Waals surface area contributed by atoms with Gasteiger partial charge in [0.1, 0.15) is 18.8 Å². The predicted molar refractivity (Wildman–Crippen MR) is 95.8 cm³/mol. The van der Waals surface area contributed by atoms with Gasteiger partial charge in [0.15, 0.2) is 22.3 Å². The van der Waals surface area contributed by atoms with Crippen molar-refractivity contribution in [3.8, 4) is 0 Å². The minimum absolute atomic E-state index is 0.00238. The smallest absolute Gasteiger partial charge is 0.354 e. The highest BCUT2D eigenvalue weighted by Gasteiger charge is 2.49. The second kappa shape index (κ2) is 7.36. The molecule has 1 atom stereocenters. The van der Waals surface area contributed by atoms with E-state index in [1.807, 2.05) is 0 Å². The van der Waals surface area contributed by atoms with Crippen LogP contribution in [0.3, 0.4) is 0 Å². The number of rotatable bonds is 6. The first-order valence-corrected chi connectivity index (χ1v) is 8.82. The third-order valence-corrected chi connectivity index (χ3v) is 4.79. The largest absolute Gasteiger partial charge is 0.477 e. The van der Waals surface area contributed by atoms with Crippen LogP contribution in [0.5, 0.6) is 0 Å². The van der Waals surface area contributed by atoms with E-state index in [4.69, 9.17) is 5.73 Å². The van der Waals surface area contributed by atoms with E-state index in [2.05, 4.69) is 20.3 Å². The van der Waals surface area contributed by atoms with Crippen molar-refractivity contribution in [1.82, 2.24) is 20.3 Å². The molecule has 1 aromatic rings. The number of hydrogen-bond donors (Lipinski definition) is 3. The highest BCUT2D eigenvalue weighted by atomic mass is 32.1. The number of ketones is 1. The summed E-state index contributed by atoms with van der Waals surface area (Å²) in [6, 6.07) is -1.03. The number of nitrogens with two attached hydrogens (primary N) is 1. The molecule has 0 saturated carbocycles. The van der Waals surface area contributed by atoms with Crippen molar-refractivity contribution in [2.45, 2.75) is 13.0 Å². The summed E-state index contributed by atoms with van der Waals surface area (Å²) in [5.41, 5.74) is 5.20. The average molecular weight is 408 g/mol. The zero-order valence-electron chi connectivity index (χ0n) is 14.8. The maximum Gasteiger partial charge on any atom is 0.354 e. The van der Waals surface area contributed by atoms with Crippen LogP contribution in [0, 0.1) is 0 Å². The summed E-state index contributed by atoms with van der Waals surface area (Å²) in [6.07, 6.45) is 0. The molecule has 0 aliphatic carbocycles. The lowest BCUT2D eigenvalue weighted by Gasteiger charge is -2.19. The first kappa shape index (κ1) is 19.4. The van der Waals surface area contributed by atoms with Gasteiger partial charge in [-0.1, -0.05) is 5.16 Å². The molecule has 28 heavy (non-hydrogen) atoms. The van der Waals surface area contributed by atoms with Gasteiger partial charge in [-0.2, -0.15) is 0 Å². The van der Waals surface area contributed by atoms with E-state index >= 15 is 0 Å². The van der Waals surface area contributed by atoms with Gasteiger partial charge in [0, 0.05) is 24.0 Å². The van der Waals surface area contributed by atoms with Gasteiger partial charge < -0.3 is 21.0 Å². The standard InChI is InChI=1S/C15H16N6O6S/c1-6(22)7-3-20-4-8(13(24)21(20)11(7)14(25)26)17-12(23)10(19-27-2)9-5-28-15(16)18-9/h5,8H,3-4H2,1-2H3,(H2,16,18)(H,17,23)(H,25,26)/b19-10-. The molecule has 1 saturated heterocycles. The number of carbonyl (C=O) groups excluding carboxylic acids is 3. The van der Waals surface area contributed by atoms with Gasteiger partial charge in [-0.25, -0.2) is 19.8 Å². The summed E-state index contributed by atoms with van der Waals surface area (Å²) in [5, 5.41) is 19.6. The van der Waals surface area contributed by atoms with Gasteiger partial charge in [0.2, 0.25) is 0 Å². The zero-order valence-corrected chi connectivity index (χ0v) is 15.6. The fraction of sp³-hybridized carbons (Fsp3) is 0.333. The molecule has 0 radical (unpaired) electrons. The predicted octanol–water partition coefficient (Wildman–Crippen LogP) is -1.44. The summed E-state index contributed by atoms with van der Waals surface area (Å²) in [4.78, 5) is 57.1. The Morgan fingerprint density at radius 1 is 1.46 bits per heavy atom. The number of oxime groups is 1. The number of nitrogens with zero attached hydrogens (tertiary/aromatic N) is 4. The molecule has 1 aromatic heterocycles. The van der Waals surface area contributed by atoms with E-state index < -0.39 is 35.3 Å². The van der Waals surface area contributed by atoms with E-state index in [0.717, 1.165) is 16.3 Å². The number of nitrogens with one attached hydrogen (secondary N) is 1. The molecule has 3 rings (SSSR count). The lowest BCUT2D eigenvalue weighted by molar-refractivity contribution is -0.143. The van der Waals surface area contributed by atoms with Crippen molar-refractivity contribution >= 4 is 45.7 Å². The molecule has 13 heteroatoms. The van der Waals surface area contributed by atoms with Crippen LogP contribution in [-0.2, 0) is 24.0 Å². The van der Waals surface area contributed by atoms with Crippen LogP contribution in [-0.4, -0.2) is 75.6 Å². The molecule has 1 unspecified atom stereocenters. The van der Waals surface area contributed by atoms with Crippen molar-refractivity contribution in [1.29, 1.82) is 0 Å². The topological polar surface area (TPSA) is 168 Å². The van der Waals surface area contributed by atoms with Crippen LogP contribution in [0.25, 0.3) is 0 Å². The Kier molecular flexibility index (Phi) is 5.11. The van der Waals surface area contributed by atoms with E-state index in [9.17, 15) is 24.3 Å². The molecule has 1 fully saturated rings. The van der Waals surface area contributed by atoms with Gasteiger partial charge in [-0.3, -0.25) is 14.4 Å². The second-order valence-corrected chi connectivity index (χ2v) is 6.79. The van der Waals surface area contributed by atoms with Gasteiger partial charge >= 0.3 is 5.97 Å². The van der Waals surface area contributed by atoms with Crippen LogP contribution < -0.4 is 11.1 Å². The molecule has 0 aromatic carbocycles. The van der Waals surface area contributed by atoms with E-state index in [1.165, 1.54) is 24.4 Å². The average Bonchev–Trinajstić information content (AvgIpc) is 3.28. The highest BCUT2D eigenvalue weighted by molar-refractivity contribution is 7.13. The monoisotopic (exact) mass is 408 g/mol. The Labute approximate surface area is 162 Å². The molecule has 0 spiro atoms. The van der Waals surface area contributed by atoms with Crippen molar-refractivity contribution in [2.24, 2.45) is 5.16 Å². The first-order chi connectivity index (χ1) is 13.2. The number of carboxylic acids is 1. The summed E-state index contributed by atoms with van der Waals surface area (Å²) in [7, 11) is 1.25. The minimum atomic E-state index is -1.40. The third kappa shape index (κ3) is 3.32. The van der Waals surface area contributed by atoms with Crippen LogP contribution in [0.4, 0.5) is 5.13 Å². The van der Waals surface area contributed by atoms with E-state index in [1.54, 1.807) is 0 Å². The quantitative estimate of drug-likeness (QED) is 0.377. The minimum Gasteiger partial charge on any atom is -0.477 e. The highest BCUT2D eigenvalue weighted by Crippen LogP contribution is 2.29. The fourth-order valence-corrected chi connectivity index (χ4v) is 3.50. The number of aromatic nitrogens is 1. The number of anilines is 1. The maximum atomic E-state index is 12.7. The molecule has 12 nitrogen and oxygen atoms in total. The molecule has 0 bridgehead atoms. The summed E-state index contributed by atoms with van der Waals surface area (Å²) in [6.45, 7) is 1.20. The number of hydrazine groups is 1. The Bertz CT molecular complexity index is 937. The number of hydrogen-bond acceptors (Lipinski definition) is 10. The molecular formula is C15H16N6O6S. The number of aliphatic carboxylic acids is 1. The molecule has 2 aliphatic heterocycles. The van der Waals surface area contributed by atoms with Crippen LogP contribution in [0.2, 0.25) is 0 Å². The van der Waals surface area contributed by atoms with Gasteiger partial charge in [-0.05, 0) is 6.92 Å². The number of Topliss-reactive ketones (excluding diaryl/α,β-unsaturated/α-hetero) is 1. The molecule has 3 heterocycles. The van der Waals surface area contributed by atoms with Gasteiger partial charge in [-0.15, -0.1) is 11.3 Å². The Morgan fingerprint density at radius 3 is 2.71 bits per heavy atom. The number of carboxylic acid groups (broad SMARTS) is 1. The molecule has 148 valence electrons. The summed E-state index contributed by atoms with van der Waals surface area (Å²) >= 11 is 1.10. The SMILES string of the molecule is CO/N=C(\C(=O)NC1CN2CC(C(C)=O)=C(C(=O)O)N2C1=O)c1csc(N)n1. The molecule has 4 N–H and O–H groups in total. The van der Waals surface area contributed by atoms with Crippen molar-refractivity contribution in [3.05, 3.63) is 22.3 Å². The van der Waals surface area contributed by atoms with Crippen molar-refractivity contribution in [2.75, 3.05) is 25.9 Å². The summed E-state index contributed by atoms with van der Waals surface area (Å²) < 4.78 is 0. The maximum absolute atomic E-state index is 12.7. The van der Waals surface area contributed by atoms with Crippen LogP contribution in [0.1, 0.15) is 12.6 Å². The van der Waals surface area contributed by atoms with Crippen LogP contribution in [0.15, 0.2) is 21.8 Å². The summed E-state index contributed by atoms with van der Waals surface area (Å²) in [5.74, 6) is -3.24. The van der Waals surface area contributed by atoms with Crippen LogP contribution >= 0.6 is 11.3 Å². The first-order valence-electron chi connectivity index (χ1n) is 7.94. The Balaban J connectivity index is 1.81. The Morgan fingerprint density at radius 2 is 2.18 bits per heavy atom. The number of nitrogen functional groups attached to an aromatic ring is 1. The number of amides is 2. The van der Waals surface area contributed by atoms with E-state index in [-0.39, 0.29) is 35.2 Å². The fourth-order valence-electron chi connectivity index (χ4n) is 2.95. The second-order valence-electron chi connectivity index (χ2n) is 5.91. The Hall–Kier alpha value is -3.32. The molecular weight excluding hydrogens is 392 g/mol.